The Labute approximate surface area is 339 Å². The second-order valence-electron chi connectivity index (χ2n) is 15.6. The first-order chi connectivity index (χ1) is 28.8. The van der Waals surface area contributed by atoms with Crippen LogP contribution in [0.2, 0.25) is 0 Å². The summed E-state index contributed by atoms with van der Waals surface area (Å²) < 4.78 is 7.59. The summed E-state index contributed by atoms with van der Waals surface area (Å²) in [5.41, 5.74) is 14.5. The van der Waals surface area contributed by atoms with E-state index >= 15 is 0 Å². The lowest BCUT2D eigenvalue weighted by molar-refractivity contribution is 0.768. The largest absolute Gasteiger partial charge is 0.309 e. The maximum atomic E-state index is 2.47. The Morgan fingerprint density at radius 3 is 1.66 bits per heavy atom. The van der Waals surface area contributed by atoms with Crippen LogP contribution in [0.15, 0.2) is 206 Å². The zero-order chi connectivity index (χ0) is 38.0. The number of aromatic nitrogens is 2. The first-order valence-corrected chi connectivity index (χ1v) is 20.8. The minimum absolute atomic E-state index is 0.437. The van der Waals surface area contributed by atoms with E-state index in [1.165, 1.54) is 97.2 Å². The standard InChI is InChI=1S/C55H34N2S/c1-3-15-35(16-4-1)55(45-23-11-7-19-39(45)40-20-8-12-24-46(40)55)36-27-29-38(30-28-36)56-47-25-13-9-21-41(47)43-33-44-50(34-49(43)56)57(37-17-5-2-6-18-37)48-31-32-52-54(53(44)48)42-22-10-14-26-51(42)58-52/h1-34H. The van der Waals surface area contributed by atoms with Gasteiger partial charge in [-0.25, -0.2) is 0 Å². The molecule has 1 aliphatic rings. The van der Waals surface area contributed by atoms with Crippen molar-refractivity contribution in [1.82, 2.24) is 9.13 Å². The highest BCUT2D eigenvalue weighted by atomic mass is 32.1. The van der Waals surface area contributed by atoms with E-state index in [1.807, 2.05) is 11.3 Å². The summed E-state index contributed by atoms with van der Waals surface area (Å²) in [6, 6.07) is 76.6. The van der Waals surface area contributed by atoms with E-state index in [0.717, 1.165) is 11.4 Å². The lowest BCUT2D eigenvalue weighted by atomic mass is 9.68. The summed E-state index contributed by atoms with van der Waals surface area (Å²) in [5, 5.41) is 7.78. The molecule has 1 aliphatic carbocycles. The SMILES string of the molecule is c1ccc(-n2c3cc4c(cc3c3c5c(ccc32)sc2ccccc25)c2ccccc2n4-c2ccc(C3(c4ccccc4)c4ccccc4-c4ccccc43)cc2)cc1. The predicted octanol–water partition coefficient (Wildman–Crippen LogP) is 14.6. The summed E-state index contributed by atoms with van der Waals surface area (Å²) in [6.07, 6.45) is 0. The molecule has 58 heavy (non-hydrogen) atoms. The van der Waals surface area contributed by atoms with Crippen molar-refractivity contribution in [1.29, 1.82) is 0 Å². The van der Waals surface area contributed by atoms with E-state index in [-0.39, 0.29) is 0 Å². The van der Waals surface area contributed by atoms with Crippen LogP contribution < -0.4 is 0 Å². The minimum Gasteiger partial charge on any atom is -0.309 e. The maximum absolute atomic E-state index is 2.47. The highest BCUT2D eigenvalue weighted by molar-refractivity contribution is 7.26. The normalized spacial score (nSPS) is 13.3. The number of para-hydroxylation sites is 2. The van der Waals surface area contributed by atoms with Crippen molar-refractivity contribution in [3.8, 4) is 22.5 Å². The summed E-state index contributed by atoms with van der Waals surface area (Å²) in [4.78, 5) is 0. The first kappa shape index (κ1) is 31.9. The summed E-state index contributed by atoms with van der Waals surface area (Å²) in [7, 11) is 0. The fraction of sp³-hybridized carbons (Fsp3) is 0.0182. The van der Waals surface area contributed by atoms with Gasteiger partial charge < -0.3 is 9.13 Å². The van der Waals surface area contributed by atoms with Gasteiger partial charge in [-0.05, 0) is 94.0 Å². The zero-order valence-electron chi connectivity index (χ0n) is 31.4. The van der Waals surface area contributed by atoms with Crippen LogP contribution in [0.4, 0.5) is 0 Å². The topological polar surface area (TPSA) is 9.86 Å². The molecule has 0 fully saturated rings. The quantitative estimate of drug-likeness (QED) is 0.169. The molecular formula is C55H34N2S. The lowest BCUT2D eigenvalue weighted by Crippen LogP contribution is -2.28. The van der Waals surface area contributed by atoms with Crippen LogP contribution in [-0.2, 0) is 5.41 Å². The molecule has 270 valence electrons. The van der Waals surface area contributed by atoms with E-state index in [4.69, 9.17) is 0 Å². The number of hydrogen-bond acceptors (Lipinski definition) is 1. The van der Waals surface area contributed by atoms with Crippen LogP contribution in [0.1, 0.15) is 22.3 Å². The Kier molecular flexibility index (Phi) is 6.56. The van der Waals surface area contributed by atoms with Crippen LogP contribution in [0, 0.1) is 0 Å². The van der Waals surface area contributed by atoms with Crippen molar-refractivity contribution >= 4 is 75.1 Å². The minimum atomic E-state index is -0.437. The number of benzene rings is 9. The van der Waals surface area contributed by atoms with Crippen LogP contribution in [0.5, 0.6) is 0 Å². The Morgan fingerprint density at radius 1 is 0.328 bits per heavy atom. The molecule has 0 spiro atoms. The Morgan fingerprint density at radius 2 is 0.897 bits per heavy atom. The molecule has 0 N–H and O–H groups in total. The molecular weight excluding hydrogens is 721 g/mol. The van der Waals surface area contributed by atoms with Gasteiger partial charge in [-0.1, -0.05) is 146 Å². The number of fused-ring (bicyclic) bond motifs is 13. The molecule has 13 rings (SSSR count). The summed E-state index contributed by atoms with van der Waals surface area (Å²) >= 11 is 1.89. The molecule has 2 nitrogen and oxygen atoms in total. The van der Waals surface area contributed by atoms with Crippen LogP contribution in [0.25, 0.3) is 86.3 Å². The third-order valence-corrected chi connectivity index (χ3v) is 13.9. The molecule has 0 amide bonds. The third-order valence-electron chi connectivity index (χ3n) is 12.8. The Hall–Kier alpha value is -7.20. The van der Waals surface area contributed by atoms with Crippen LogP contribution in [-0.4, -0.2) is 9.13 Å². The maximum Gasteiger partial charge on any atom is 0.0713 e. The summed E-state index contributed by atoms with van der Waals surface area (Å²) in [5.74, 6) is 0. The molecule has 0 saturated heterocycles. The van der Waals surface area contributed by atoms with E-state index in [1.54, 1.807) is 0 Å². The van der Waals surface area contributed by atoms with Crippen LogP contribution >= 0.6 is 11.3 Å². The molecule has 0 saturated carbocycles. The first-order valence-electron chi connectivity index (χ1n) is 20.0. The predicted molar refractivity (Wildman–Crippen MR) is 245 cm³/mol. The number of thiophene rings is 1. The second-order valence-corrected chi connectivity index (χ2v) is 16.7. The number of nitrogens with zero attached hydrogens (tertiary/aromatic N) is 2. The van der Waals surface area contributed by atoms with Crippen molar-refractivity contribution in [2.45, 2.75) is 5.41 Å². The van der Waals surface area contributed by atoms with Gasteiger partial charge in [0.05, 0.1) is 27.5 Å². The average Bonchev–Trinajstić information content (AvgIpc) is 4.01. The molecule has 0 unspecified atom stereocenters. The fourth-order valence-corrected chi connectivity index (χ4v) is 11.6. The monoisotopic (exact) mass is 754 g/mol. The van der Waals surface area contributed by atoms with Gasteiger partial charge in [-0.15, -0.1) is 11.3 Å². The van der Waals surface area contributed by atoms with Crippen molar-refractivity contribution in [3.05, 3.63) is 229 Å². The van der Waals surface area contributed by atoms with E-state index in [2.05, 4.69) is 215 Å². The van der Waals surface area contributed by atoms with Gasteiger partial charge in [0, 0.05) is 53.1 Å². The van der Waals surface area contributed by atoms with Crippen molar-refractivity contribution in [3.63, 3.8) is 0 Å². The zero-order valence-corrected chi connectivity index (χ0v) is 32.2. The van der Waals surface area contributed by atoms with Crippen molar-refractivity contribution < 1.29 is 0 Å². The third kappa shape index (κ3) is 4.16. The van der Waals surface area contributed by atoms with E-state index in [9.17, 15) is 0 Å². The van der Waals surface area contributed by atoms with Crippen molar-refractivity contribution in [2.24, 2.45) is 0 Å². The van der Waals surface area contributed by atoms with E-state index < -0.39 is 5.41 Å². The van der Waals surface area contributed by atoms with Gasteiger partial charge in [0.25, 0.3) is 0 Å². The van der Waals surface area contributed by atoms with Gasteiger partial charge >= 0.3 is 0 Å². The molecule has 3 heteroatoms. The number of hydrogen-bond donors (Lipinski definition) is 0. The van der Waals surface area contributed by atoms with E-state index in [0.29, 0.717) is 0 Å². The van der Waals surface area contributed by atoms with Crippen molar-refractivity contribution in [2.75, 3.05) is 0 Å². The average molecular weight is 755 g/mol. The molecule has 3 aromatic heterocycles. The lowest BCUT2D eigenvalue weighted by Gasteiger charge is -2.34. The molecule has 0 aliphatic heterocycles. The highest BCUT2D eigenvalue weighted by Gasteiger charge is 2.45. The Bertz CT molecular complexity index is 3560. The van der Waals surface area contributed by atoms with Crippen LogP contribution in [0.3, 0.4) is 0 Å². The molecule has 12 aromatic rings. The van der Waals surface area contributed by atoms with Gasteiger partial charge in [-0.3, -0.25) is 0 Å². The number of rotatable bonds is 4. The smallest absolute Gasteiger partial charge is 0.0713 e. The molecule has 3 heterocycles. The fourth-order valence-electron chi connectivity index (χ4n) is 10.5. The molecule has 0 atom stereocenters. The molecule has 9 aromatic carbocycles. The second kappa shape index (κ2) is 11.9. The molecule has 0 radical (unpaired) electrons. The van der Waals surface area contributed by atoms with Gasteiger partial charge in [0.1, 0.15) is 0 Å². The summed E-state index contributed by atoms with van der Waals surface area (Å²) in [6.45, 7) is 0. The van der Waals surface area contributed by atoms with Gasteiger partial charge in [-0.2, -0.15) is 0 Å². The Balaban J connectivity index is 1.10. The van der Waals surface area contributed by atoms with Gasteiger partial charge in [0.15, 0.2) is 0 Å². The highest BCUT2D eigenvalue weighted by Crippen LogP contribution is 2.56. The van der Waals surface area contributed by atoms with Gasteiger partial charge in [0.2, 0.25) is 0 Å². The molecule has 0 bridgehead atoms.